The number of thiophene rings is 2. The number of carbonyl (C=O) groups is 4. The Balaban J connectivity index is 1.13. The van der Waals surface area contributed by atoms with Gasteiger partial charge >= 0.3 is 11.9 Å². The van der Waals surface area contributed by atoms with Crippen LogP contribution in [0.5, 0.6) is 0 Å². The van der Waals surface area contributed by atoms with Crippen LogP contribution in [0.3, 0.4) is 0 Å². The van der Waals surface area contributed by atoms with Crippen molar-refractivity contribution in [3.8, 4) is 10.4 Å². The molecule has 2 N–H and O–H groups in total. The van der Waals surface area contributed by atoms with Crippen LogP contribution in [0, 0.1) is 0 Å². The number of allylic oxidation sites excluding steroid dienone is 4. The highest BCUT2D eigenvalue weighted by molar-refractivity contribution is 8.26. The lowest BCUT2D eigenvalue weighted by Gasteiger charge is -2.46. The van der Waals surface area contributed by atoms with Gasteiger partial charge in [0, 0.05) is 30.8 Å². The van der Waals surface area contributed by atoms with Gasteiger partial charge in [0.15, 0.2) is 0 Å². The van der Waals surface area contributed by atoms with Gasteiger partial charge in [-0.25, -0.2) is 0 Å². The number of amides is 2. The van der Waals surface area contributed by atoms with Gasteiger partial charge in [-0.1, -0.05) is 149 Å². The number of hydrogen-bond donors (Lipinski definition) is 2. The molecule has 1 aromatic carbocycles. The molecule has 4 unspecified atom stereocenters. The third kappa shape index (κ3) is 11.2. The maximum absolute atomic E-state index is 13.7. The minimum absolute atomic E-state index is 0.118. The van der Waals surface area contributed by atoms with Crippen LogP contribution in [0.15, 0.2) is 82.7 Å². The summed E-state index contributed by atoms with van der Waals surface area (Å²) in [5.41, 5.74) is 6.08. The molecule has 8 rings (SSSR count). The first-order chi connectivity index (χ1) is 32.3. The van der Waals surface area contributed by atoms with Crippen molar-refractivity contribution in [1.82, 2.24) is 9.80 Å². The molecule has 5 heterocycles. The molecule has 5 aliphatic rings. The monoisotopic (exact) mass is 1030 g/mol. The summed E-state index contributed by atoms with van der Waals surface area (Å²) in [6.07, 6.45) is 30.2. The van der Waals surface area contributed by atoms with E-state index in [2.05, 4.69) is 91.6 Å². The molecule has 4 atom stereocenters. The van der Waals surface area contributed by atoms with Gasteiger partial charge in [0.1, 0.15) is 26.5 Å². The Morgan fingerprint density at radius 3 is 2.25 bits per heavy atom. The highest BCUT2D eigenvalue weighted by atomic mass is 32.2. The molecule has 2 saturated heterocycles. The summed E-state index contributed by atoms with van der Waals surface area (Å²) in [4.78, 5) is 61.1. The third-order valence-electron chi connectivity index (χ3n) is 12.6. The molecule has 2 aromatic heterocycles. The number of carbonyl (C=O) groups excluding carboxylic acids is 2. The Hall–Kier alpha value is -3.77. The van der Waals surface area contributed by atoms with Gasteiger partial charge in [-0.15, -0.1) is 34.4 Å². The van der Waals surface area contributed by atoms with Crippen molar-refractivity contribution in [2.75, 3.05) is 18.0 Å². The Morgan fingerprint density at radius 1 is 0.851 bits per heavy atom. The molecule has 0 bridgehead atoms. The SMILES string of the molecule is CCCCCCc1cc(CC2(C)SC(=S)N(CC(=O)O)C2=O)sc1C1=CC2Sc3cc(-c4sc(/C=C5/SC(=S)N(CC(=O)O)C5=O)cc4CCCCCC)ccc3N(C3C=CC=CC3)C2C=C1. The molecule has 67 heavy (non-hydrogen) atoms. The van der Waals surface area contributed by atoms with Crippen LogP contribution >= 0.6 is 82.4 Å². The molecule has 2 fully saturated rings. The molecule has 9 nitrogen and oxygen atoms in total. The number of anilines is 1. The summed E-state index contributed by atoms with van der Waals surface area (Å²) in [5.74, 6) is -2.79. The quantitative estimate of drug-likeness (QED) is 0.0637. The number of rotatable bonds is 20. The Bertz CT molecular complexity index is 2620. The van der Waals surface area contributed by atoms with Gasteiger partial charge in [0.05, 0.1) is 27.9 Å². The maximum Gasteiger partial charge on any atom is 0.323 e. The van der Waals surface area contributed by atoms with E-state index in [1.807, 2.05) is 24.8 Å². The van der Waals surface area contributed by atoms with E-state index in [1.165, 1.54) is 66.5 Å². The number of thiocarbonyl (C=S) groups is 2. The molecule has 0 saturated carbocycles. The summed E-state index contributed by atoms with van der Waals surface area (Å²) >= 11 is 18.7. The summed E-state index contributed by atoms with van der Waals surface area (Å²) in [7, 11) is 0. The second-order valence-electron chi connectivity index (χ2n) is 17.7. The van der Waals surface area contributed by atoms with Crippen molar-refractivity contribution >= 4 is 132 Å². The smallest absolute Gasteiger partial charge is 0.323 e. The van der Waals surface area contributed by atoms with Gasteiger partial charge in [-0.05, 0) is 91.6 Å². The van der Waals surface area contributed by atoms with Gasteiger partial charge in [-0.2, -0.15) is 0 Å². The average Bonchev–Trinajstić information content (AvgIpc) is 4.02. The minimum atomic E-state index is -1.10. The molecule has 2 aliphatic carbocycles. The third-order valence-corrected chi connectivity index (χ3v) is 19.3. The Morgan fingerprint density at radius 2 is 1.57 bits per heavy atom. The van der Waals surface area contributed by atoms with Crippen LogP contribution in [-0.2, 0) is 38.4 Å². The molecular weight excluding hydrogens is 975 g/mol. The molecule has 352 valence electrons. The van der Waals surface area contributed by atoms with E-state index in [0.717, 1.165) is 89.8 Å². The van der Waals surface area contributed by atoms with Crippen molar-refractivity contribution in [3.63, 3.8) is 0 Å². The van der Waals surface area contributed by atoms with Crippen molar-refractivity contribution in [2.24, 2.45) is 0 Å². The number of nitrogens with zero attached hydrogens (tertiary/aromatic N) is 3. The number of fused-ring (bicyclic) bond motifs is 2. The van der Waals surface area contributed by atoms with E-state index in [4.69, 9.17) is 24.4 Å². The van der Waals surface area contributed by atoms with Crippen molar-refractivity contribution in [3.05, 3.63) is 104 Å². The molecular formula is C51H55N3O6S7. The number of hydrogen-bond acceptors (Lipinski definition) is 12. The fourth-order valence-corrected chi connectivity index (χ4v) is 16.4. The molecule has 0 spiro atoms. The molecule has 3 aliphatic heterocycles. The molecule has 16 heteroatoms. The maximum atomic E-state index is 13.7. The van der Waals surface area contributed by atoms with Crippen molar-refractivity contribution in [2.45, 2.75) is 125 Å². The van der Waals surface area contributed by atoms with Crippen molar-refractivity contribution < 1.29 is 29.4 Å². The Labute approximate surface area is 424 Å². The zero-order chi connectivity index (χ0) is 47.4. The summed E-state index contributed by atoms with van der Waals surface area (Å²) in [6.45, 7) is 5.45. The van der Waals surface area contributed by atoms with Gasteiger partial charge in [-0.3, -0.25) is 29.0 Å². The van der Waals surface area contributed by atoms with Gasteiger partial charge in [0.25, 0.3) is 5.91 Å². The molecule has 2 amide bonds. The van der Waals surface area contributed by atoms with Crippen LogP contribution in [0.1, 0.15) is 104 Å². The van der Waals surface area contributed by atoms with E-state index in [9.17, 15) is 29.4 Å². The number of carboxylic acid groups (broad SMARTS) is 2. The fourth-order valence-electron chi connectivity index (χ4n) is 9.31. The largest absolute Gasteiger partial charge is 0.480 e. The van der Waals surface area contributed by atoms with Crippen LogP contribution in [0.2, 0.25) is 0 Å². The minimum Gasteiger partial charge on any atom is -0.480 e. The molecule has 3 aromatic rings. The average molecular weight is 1030 g/mol. The first-order valence-electron chi connectivity index (χ1n) is 23.1. The fraction of sp³-hybridized carbons (Fsp3) is 0.412. The number of aryl methyl sites for hydroxylation is 2. The van der Waals surface area contributed by atoms with E-state index in [1.54, 1.807) is 22.7 Å². The van der Waals surface area contributed by atoms with E-state index < -0.39 is 29.8 Å². The number of unbranched alkanes of at least 4 members (excludes halogenated alkanes) is 6. The second kappa shape index (κ2) is 21.9. The van der Waals surface area contributed by atoms with Gasteiger partial charge < -0.3 is 15.1 Å². The zero-order valence-electron chi connectivity index (χ0n) is 37.9. The first-order valence-corrected chi connectivity index (χ1v) is 28.0. The lowest BCUT2D eigenvalue weighted by atomic mass is 9.93. The van der Waals surface area contributed by atoms with Crippen LogP contribution < -0.4 is 4.90 Å². The lowest BCUT2D eigenvalue weighted by molar-refractivity contribution is -0.141. The predicted octanol–water partition coefficient (Wildman–Crippen LogP) is 12.4. The van der Waals surface area contributed by atoms with E-state index in [0.29, 0.717) is 15.6 Å². The van der Waals surface area contributed by atoms with Crippen LogP contribution in [0.25, 0.3) is 22.1 Å². The Kier molecular flexibility index (Phi) is 16.2. The van der Waals surface area contributed by atoms with Gasteiger partial charge in [0.2, 0.25) is 5.91 Å². The number of aliphatic carboxylic acids is 2. The first kappa shape index (κ1) is 49.6. The van der Waals surface area contributed by atoms with Crippen molar-refractivity contribution in [1.29, 1.82) is 0 Å². The normalized spacial score (nSPS) is 22.9. The lowest BCUT2D eigenvalue weighted by Crippen LogP contribution is -2.49. The summed E-state index contributed by atoms with van der Waals surface area (Å²) < 4.78 is -0.300. The standard InChI is InChI=1S/C51H55N3O6S7/c1-4-6-8-11-15-31-23-36(27-42-47(59)52(29-43(55)56)49(61)66-42)63-45(31)33-19-21-38-40(25-33)65-41-26-34(20-22-39(41)54(38)35-17-13-10-14-18-35)46-32(16-12-9-7-5-2)24-37(64-46)28-51(3)48(60)53(30-44(57)58)50(62)67-51/h10,13-14,17,19-27,35,39,41H,4-9,11-12,15-16,18,28-30H2,1-3H3,(H,55,56)(H,57,58)/b42-27+. The number of benzene rings is 1. The highest BCUT2D eigenvalue weighted by Gasteiger charge is 2.48. The van der Waals surface area contributed by atoms with Crippen LogP contribution in [-0.4, -0.2) is 87.6 Å². The zero-order valence-corrected chi connectivity index (χ0v) is 43.6. The predicted molar refractivity (Wildman–Crippen MR) is 289 cm³/mol. The molecule has 0 radical (unpaired) electrons. The topological polar surface area (TPSA) is 118 Å². The number of thioether (sulfide) groups is 3. The summed E-state index contributed by atoms with van der Waals surface area (Å²) in [5, 5.41) is 19.0. The van der Waals surface area contributed by atoms with Crippen LogP contribution in [0.4, 0.5) is 5.69 Å². The summed E-state index contributed by atoms with van der Waals surface area (Å²) in [6, 6.07) is 11.7. The number of carboxylic acids is 2. The van der Waals surface area contributed by atoms with E-state index in [-0.39, 0.29) is 33.5 Å². The highest BCUT2D eigenvalue weighted by Crippen LogP contribution is 2.50. The van der Waals surface area contributed by atoms with E-state index >= 15 is 0 Å². The second-order valence-corrected chi connectivity index (χ2v) is 24.9.